The molecule has 24 heavy (non-hydrogen) atoms. The number of ether oxygens (including phenoxy) is 2. The van der Waals surface area contributed by atoms with Crippen molar-refractivity contribution in [3.05, 3.63) is 18.5 Å². The molecule has 1 aromatic heterocycles. The number of hydrogen-bond donors (Lipinski definition) is 2. The molecule has 0 spiro atoms. The van der Waals surface area contributed by atoms with E-state index < -0.39 is 0 Å². The summed E-state index contributed by atoms with van der Waals surface area (Å²) in [6.07, 6.45) is 2.84. The Morgan fingerprint density at radius 2 is 1.88 bits per heavy atom. The molecule has 0 saturated carbocycles. The van der Waals surface area contributed by atoms with E-state index in [0.29, 0.717) is 37.4 Å². The van der Waals surface area contributed by atoms with Crippen LogP contribution >= 0.6 is 0 Å². The molecule has 0 bridgehead atoms. The summed E-state index contributed by atoms with van der Waals surface area (Å²) in [6.45, 7) is 1.36. The zero-order chi connectivity index (χ0) is 17.1. The summed E-state index contributed by atoms with van der Waals surface area (Å²) in [4.78, 5) is 22.4. The van der Waals surface area contributed by atoms with Gasteiger partial charge in [0.15, 0.2) is 11.5 Å². The molecule has 0 atom stereocenters. The maximum Gasteiger partial charge on any atom is 0.246 e. The van der Waals surface area contributed by atoms with Gasteiger partial charge in [0, 0.05) is 30.5 Å². The summed E-state index contributed by atoms with van der Waals surface area (Å²) in [7, 11) is 3.18. The van der Waals surface area contributed by atoms with Crippen molar-refractivity contribution in [2.75, 3.05) is 32.2 Å². The minimum absolute atomic E-state index is 0.172. The average Bonchev–Trinajstić information content (AvgIpc) is 2.65. The van der Waals surface area contributed by atoms with Crippen LogP contribution in [0.2, 0.25) is 0 Å². The monoisotopic (exact) mass is 332 g/mol. The van der Waals surface area contributed by atoms with Crippen molar-refractivity contribution < 1.29 is 19.5 Å². The molecule has 1 amide bonds. The predicted octanol–water partition coefficient (Wildman–Crippen LogP) is 1.37. The van der Waals surface area contributed by atoms with Gasteiger partial charge in [-0.15, -0.1) is 0 Å². The van der Waals surface area contributed by atoms with Crippen LogP contribution in [0.15, 0.2) is 18.5 Å². The van der Waals surface area contributed by atoms with Crippen molar-refractivity contribution >= 4 is 22.6 Å². The van der Waals surface area contributed by atoms with E-state index in [9.17, 15) is 4.79 Å². The second kappa shape index (κ2) is 6.88. The fraction of sp³-hybridized carbons (Fsp3) is 0.438. The molecule has 2 aromatic rings. The van der Waals surface area contributed by atoms with Gasteiger partial charge >= 0.3 is 0 Å². The molecule has 2 N–H and O–H groups in total. The number of anilines is 1. The minimum atomic E-state index is -0.325. The molecule has 0 unspecified atom stereocenters. The van der Waals surface area contributed by atoms with E-state index in [1.165, 1.54) is 6.33 Å². The first-order chi connectivity index (χ1) is 11.7. The van der Waals surface area contributed by atoms with Crippen LogP contribution in [0.1, 0.15) is 12.8 Å². The predicted molar refractivity (Wildman–Crippen MR) is 87.5 cm³/mol. The lowest BCUT2D eigenvalue weighted by Gasteiger charge is -2.32. The molecule has 0 aliphatic carbocycles. The molecule has 1 aromatic carbocycles. The Labute approximate surface area is 139 Å². The molecule has 0 radical (unpaired) electrons. The Morgan fingerprint density at radius 3 is 2.50 bits per heavy atom. The molecule has 1 saturated heterocycles. The number of carbonyl (C=O) groups excluding carboxylic acids is 1. The fourth-order valence-corrected chi connectivity index (χ4v) is 3.07. The first-order valence-electron chi connectivity index (χ1n) is 7.73. The molecular formula is C16H20N4O4. The molecule has 128 valence electrons. The highest BCUT2D eigenvalue weighted by atomic mass is 16.5. The number of benzene rings is 1. The van der Waals surface area contributed by atoms with Gasteiger partial charge in [-0.25, -0.2) is 15.4 Å². The number of aromatic nitrogens is 2. The number of methoxy groups -OCH3 is 2. The average molecular weight is 332 g/mol. The van der Waals surface area contributed by atoms with Crippen molar-refractivity contribution in [1.82, 2.24) is 15.4 Å². The van der Waals surface area contributed by atoms with Crippen LogP contribution in [0.5, 0.6) is 11.5 Å². The smallest absolute Gasteiger partial charge is 0.246 e. The summed E-state index contributed by atoms with van der Waals surface area (Å²) >= 11 is 0. The first kappa shape index (κ1) is 16.3. The largest absolute Gasteiger partial charge is 0.493 e. The third-order valence-corrected chi connectivity index (χ3v) is 4.40. The number of fused-ring (bicyclic) bond motifs is 1. The van der Waals surface area contributed by atoms with E-state index >= 15 is 0 Å². The summed E-state index contributed by atoms with van der Waals surface area (Å²) in [5.74, 6) is 1.55. The van der Waals surface area contributed by atoms with Crippen molar-refractivity contribution in [3.63, 3.8) is 0 Å². The second-order valence-corrected chi connectivity index (χ2v) is 5.66. The van der Waals surface area contributed by atoms with Gasteiger partial charge in [-0.05, 0) is 18.9 Å². The van der Waals surface area contributed by atoms with Gasteiger partial charge in [0.05, 0.1) is 19.7 Å². The van der Waals surface area contributed by atoms with Gasteiger partial charge in [-0.3, -0.25) is 10.0 Å². The van der Waals surface area contributed by atoms with Gasteiger partial charge in [-0.2, -0.15) is 0 Å². The Morgan fingerprint density at radius 1 is 1.21 bits per heavy atom. The maximum absolute atomic E-state index is 11.5. The topological polar surface area (TPSA) is 96.8 Å². The van der Waals surface area contributed by atoms with E-state index in [0.717, 1.165) is 16.7 Å². The van der Waals surface area contributed by atoms with Crippen LogP contribution in [-0.2, 0) is 4.79 Å². The quantitative estimate of drug-likeness (QED) is 0.644. The third kappa shape index (κ3) is 2.92. The lowest BCUT2D eigenvalue weighted by molar-refractivity contribution is -0.134. The highest BCUT2D eigenvalue weighted by molar-refractivity contribution is 5.92. The molecule has 8 nitrogen and oxygen atoms in total. The van der Waals surface area contributed by atoms with Gasteiger partial charge in [0.25, 0.3) is 0 Å². The van der Waals surface area contributed by atoms with Crippen LogP contribution in [0.4, 0.5) is 5.82 Å². The van der Waals surface area contributed by atoms with Crippen LogP contribution in [0.3, 0.4) is 0 Å². The number of amides is 1. The fourth-order valence-electron chi connectivity index (χ4n) is 3.07. The van der Waals surface area contributed by atoms with Crippen molar-refractivity contribution in [3.8, 4) is 11.5 Å². The third-order valence-electron chi connectivity index (χ3n) is 4.40. The van der Waals surface area contributed by atoms with Crippen LogP contribution in [0.25, 0.3) is 10.9 Å². The SMILES string of the molecule is COc1cc2ncnc(N3CCC(C(=O)NO)CC3)c2cc1OC. The number of nitrogens with zero attached hydrogens (tertiary/aromatic N) is 3. The molecule has 1 aliphatic rings. The number of carbonyl (C=O) groups is 1. The molecule has 1 aliphatic heterocycles. The van der Waals surface area contributed by atoms with Gasteiger partial charge < -0.3 is 14.4 Å². The zero-order valence-electron chi connectivity index (χ0n) is 13.7. The van der Waals surface area contributed by atoms with Crippen LogP contribution in [-0.4, -0.2) is 48.4 Å². The second-order valence-electron chi connectivity index (χ2n) is 5.66. The number of rotatable bonds is 4. The zero-order valence-corrected chi connectivity index (χ0v) is 13.7. The molecule has 3 rings (SSSR count). The molecular weight excluding hydrogens is 312 g/mol. The Kier molecular flexibility index (Phi) is 4.66. The van der Waals surface area contributed by atoms with E-state index in [1.54, 1.807) is 19.7 Å². The summed E-state index contributed by atoms with van der Waals surface area (Å²) < 4.78 is 10.7. The number of hydroxylamine groups is 1. The normalized spacial score (nSPS) is 15.4. The highest BCUT2D eigenvalue weighted by Gasteiger charge is 2.26. The number of piperidine rings is 1. The van der Waals surface area contributed by atoms with Crippen molar-refractivity contribution in [2.45, 2.75) is 12.8 Å². The van der Waals surface area contributed by atoms with Crippen molar-refractivity contribution in [2.24, 2.45) is 5.92 Å². The molecule has 2 heterocycles. The van der Waals surface area contributed by atoms with E-state index in [-0.39, 0.29) is 11.8 Å². The highest BCUT2D eigenvalue weighted by Crippen LogP contribution is 2.35. The van der Waals surface area contributed by atoms with Crippen LogP contribution in [0, 0.1) is 5.92 Å². The summed E-state index contributed by atoms with van der Waals surface area (Å²) in [5.41, 5.74) is 2.50. The number of nitrogens with one attached hydrogen (secondary N) is 1. The summed E-state index contributed by atoms with van der Waals surface area (Å²) in [6, 6.07) is 3.70. The molecule has 8 heteroatoms. The Bertz CT molecular complexity index is 744. The van der Waals surface area contributed by atoms with E-state index in [4.69, 9.17) is 14.7 Å². The van der Waals surface area contributed by atoms with E-state index in [2.05, 4.69) is 14.9 Å². The molecule has 1 fully saturated rings. The van der Waals surface area contributed by atoms with Gasteiger partial charge in [0.2, 0.25) is 5.91 Å². The van der Waals surface area contributed by atoms with Crippen LogP contribution < -0.4 is 19.9 Å². The minimum Gasteiger partial charge on any atom is -0.493 e. The first-order valence-corrected chi connectivity index (χ1v) is 7.73. The van der Waals surface area contributed by atoms with Crippen molar-refractivity contribution in [1.29, 1.82) is 0 Å². The number of hydrogen-bond acceptors (Lipinski definition) is 7. The lowest BCUT2D eigenvalue weighted by Crippen LogP contribution is -2.40. The lowest BCUT2D eigenvalue weighted by atomic mass is 9.96. The standard InChI is InChI=1S/C16H20N4O4/c1-23-13-7-11-12(8-14(13)24-2)17-9-18-15(11)20-5-3-10(4-6-20)16(21)19-22/h7-10,22H,3-6H2,1-2H3,(H,19,21). The van der Waals surface area contributed by atoms with E-state index in [1.807, 2.05) is 12.1 Å². The maximum atomic E-state index is 11.5. The van der Waals surface area contributed by atoms with Gasteiger partial charge in [-0.1, -0.05) is 0 Å². The summed E-state index contributed by atoms with van der Waals surface area (Å²) in [5, 5.41) is 9.63. The Hall–Kier alpha value is -2.61. The van der Waals surface area contributed by atoms with Gasteiger partial charge in [0.1, 0.15) is 12.1 Å². The Balaban J connectivity index is 1.91.